The van der Waals surface area contributed by atoms with Crippen molar-refractivity contribution in [1.82, 2.24) is 29.7 Å². The Morgan fingerprint density at radius 1 is 0.889 bits per heavy atom. The maximum atomic E-state index is 6.25. The summed E-state index contributed by atoms with van der Waals surface area (Å²) in [5.74, 6) is 3.42. The number of likely N-dealkylation sites (N-methyl/N-ethyl adjacent to an activating group) is 1. The van der Waals surface area contributed by atoms with E-state index in [1.807, 2.05) is 47.4 Å². The Balaban J connectivity index is 1.30. The van der Waals surface area contributed by atoms with E-state index in [0.29, 0.717) is 47.3 Å². The minimum absolute atomic E-state index is 0.412. The number of ether oxygens (including phenoxy) is 3. The first-order valence-corrected chi connectivity index (χ1v) is 15.1. The van der Waals surface area contributed by atoms with Gasteiger partial charge in [-0.1, -0.05) is 30.3 Å². The fourth-order valence-electron chi connectivity index (χ4n) is 5.66. The van der Waals surface area contributed by atoms with Crippen LogP contribution in [0.15, 0.2) is 66.9 Å². The lowest BCUT2D eigenvalue weighted by Crippen LogP contribution is -2.45. The van der Waals surface area contributed by atoms with Crippen molar-refractivity contribution in [1.29, 1.82) is 0 Å². The summed E-state index contributed by atoms with van der Waals surface area (Å²) in [6.07, 6.45) is 1.74. The van der Waals surface area contributed by atoms with Crippen LogP contribution < -0.4 is 24.4 Å². The molecule has 0 aliphatic carbocycles. The SMILES string of the molecule is COc1cc(Nc2nccc(N(c3nc4ccccc4[nH]3)c3c(C)cccc3C)n2)cc(OCCN2CCN(C)CC2)c1OC. The number of para-hydroxylation sites is 3. The Bertz CT molecular complexity index is 1710. The lowest BCUT2D eigenvalue weighted by molar-refractivity contribution is 0.132. The highest BCUT2D eigenvalue weighted by atomic mass is 16.5. The average molecular weight is 609 g/mol. The molecule has 234 valence electrons. The van der Waals surface area contributed by atoms with Gasteiger partial charge in [-0.05, 0) is 44.2 Å². The zero-order valence-corrected chi connectivity index (χ0v) is 26.5. The number of methoxy groups -OCH3 is 2. The summed E-state index contributed by atoms with van der Waals surface area (Å²) < 4.78 is 17.6. The summed E-state index contributed by atoms with van der Waals surface area (Å²) in [6, 6.07) is 19.8. The first-order chi connectivity index (χ1) is 21.9. The number of aromatic nitrogens is 4. The number of fused-ring (bicyclic) bond motifs is 1. The van der Waals surface area contributed by atoms with Crippen LogP contribution in [0.1, 0.15) is 11.1 Å². The third-order valence-electron chi connectivity index (χ3n) is 8.08. The fraction of sp³-hybridized carbons (Fsp3) is 0.324. The molecule has 45 heavy (non-hydrogen) atoms. The minimum atomic E-state index is 0.412. The van der Waals surface area contributed by atoms with E-state index >= 15 is 0 Å². The topological polar surface area (TPSA) is 104 Å². The molecule has 0 unspecified atom stereocenters. The third kappa shape index (κ3) is 6.64. The quantitative estimate of drug-likeness (QED) is 0.190. The van der Waals surface area contributed by atoms with Crippen LogP contribution in [-0.4, -0.2) is 90.3 Å². The number of nitrogens with one attached hydrogen (secondary N) is 2. The van der Waals surface area contributed by atoms with Crippen LogP contribution in [0, 0.1) is 13.8 Å². The number of aromatic amines is 1. The van der Waals surface area contributed by atoms with E-state index in [9.17, 15) is 0 Å². The summed E-state index contributed by atoms with van der Waals surface area (Å²) in [7, 11) is 5.39. The van der Waals surface area contributed by atoms with Crippen molar-refractivity contribution >= 4 is 40.1 Å². The smallest absolute Gasteiger partial charge is 0.229 e. The molecule has 0 amide bonds. The average Bonchev–Trinajstić information content (AvgIpc) is 3.47. The molecule has 0 spiro atoms. The van der Waals surface area contributed by atoms with Crippen LogP contribution in [0.4, 0.5) is 29.1 Å². The Morgan fingerprint density at radius 2 is 1.64 bits per heavy atom. The summed E-state index contributed by atoms with van der Waals surface area (Å²) >= 11 is 0. The Hall–Kier alpha value is -4.87. The van der Waals surface area contributed by atoms with Gasteiger partial charge in [-0.2, -0.15) is 4.98 Å². The highest BCUT2D eigenvalue weighted by Gasteiger charge is 2.22. The maximum absolute atomic E-state index is 6.25. The normalized spacial score (nSPS) is 14.0. The number of hydrogen-bond donors (Lipinski definition) is 2. The molecule has 0 saturated carbocycles. The monoisotopic (exact) mass is 608 g/mol. The molecule has 0 atom stereocenters. The molecular weight excluding hydrogens is 568 g/mol. The van der Waals surface area contributed by atoms with Gasteiger partial charge in [-0.15, -0.1) is 0 Å². The van der Waals surface area contributed by atoms with Gasteiger partial charge in [0.05, 0.1) is 30.9 Å². The molecule has 2 aromatic heterocycles. The highest BCUT2D eigenvalue weighted by Crippen LogP contribution is 2.41. The summed E-state index contributed by atoms with van der Waals surface area (Å²) in [6.45, 7) is 9.73. The van der Waals surface area contributed by atoms with E-state index in [1.54, 1.807) is 20.4 Å². The van der Waals surface area contributed by atoms with Gasteiger partial charge in [0.1, 0.15) is 12.4 Å². The van der Waals surface area contributed by atoms with Gasteiger partial charge in [-0.3, -0.25) is 9.80 Å². The molecule has 0 bridgehead atoms. The highest BCUT2D eigenvalue weighted by molar-refractivity contribution is 5.83. The van der Waals surface area contributed by atoms with Crippen molar-refractivity contribution < 1.29 is 14.2 Å². The van der Waals surface area contributed by atoms with Crippen LogP contribution in [0.2, 0.25) is 0 Å². The molecule has 1 aliphatic heterocycles. The lowest BCUT2D eigenvalue weighted by atomic mass is 10.1. The molecule has 2 N–H and O–H groups in total. The molecule has 1 aliphatic rings. The van der Waals surface area contributed by atoms with Crippen LogP contribution in [-0.2, 0) is 0 Å². The summed E-state index contributed by atoms with van der Waals surface area (Å²) in [4.78, 5) is 24.7. The summed E-state index contributed by atoms with van der Waals surface area (Å²) in [5, 5.41) is 3.36. The van der Waals surface area contributed by atoms with E-state index in [-0.39, 0.29) is 0 Å². The van der Waals surface area contributed by atoms with E-state index in [1.165, 1.54) is 0 Å². The lowest BCUT2D eigenvalue weighted by Gasteiger charge is -2.32. The predicted molar refractivity (Wildman–Crippen MR) is 178 cm³/mol. The van der Waals surface area contributed by atoms with Gasteiger partial charge >= 0.3 is 0 Å². The van der Waals surface area contributed by atoms with Gasteiger partial charge in [0.15, 0.2) is 11.5 Å². The number of piperazine rings is 1. The zero-order chi connectivity index (χ0) is 31.3. The molecular formula is C34H40N8O3. The van der Waals surface area contributed by atoms with Crippen molar-refractivity contribution in [3.63, 3.8) is 0 Å². The number of hydrogen-bond acceptors (Lipinski definition) is 10. The Labute approximate surface area is 263 Å². The largest absolute Gasteiger partial charge is 0.493 e. The molecule has 3 aromatic carbocycles. The van der Waals surface area contributed by atoms with Crippen LogP contribution in [0.5, 0.6) is 17.2 Å². The van der Waals surface area contributed by atoms with E-state index in [2.05, 4.69) is 64.2 Å². The van der Waals surface area contributed by atoms with Gasteiger partial charge in [0.2, 0.25) is 17.6 Å². The van der Waals surface area contributed by atoms with Crippen molar-refractivity contribution in [3.8, 4) is 17.2 Å². The number of rotatable bonds is 11. The number of anilines is 5. The first-order valence-electron chi connectivity index (χ1n) is 15.1. The molecule has 5 aromatic rings. The van der Waals surface area contributed by atoms with Gasteiger partial charge in [-0.25, -0.2) is 9.97 Å². The zero-order valence-electron chi connectivity index (χ0n) is 26.5. The fourth-order valence-corrected chi connectivity index (χ4v) is 5.66. The molecule has 1 saturated heterocycles. The van der Waals surface area contributed by atoms with Crippen LogP contribution in [0.3, 0.4) is 0 Å². The molecule has 11 heteroatoms. The van der Waals surface area contributed by atoms with Crippen molar-refractivity contribution in [3.05, 3.63) is 78.0 Å². The second-order valence-corrected chi connectivity index (χ2v) is 11.2. The van der Waals surface area contributed by atoms with Crippen LogP contribution >= 0.6 is 0 Å². The van der Waals surface area contributed by atoms with E-state index in [4.69, 9.17) is 24.2 Å². The number of H-pyrrole nitrogens is 1. The van der Waals surface area contributed by atoms with Gasteiger partial charge in [0, 0.05) is 62.8 Å². The second kappa shape index (κ2) is 13.4. The number of benzene rings is 3. The van der Waals surface area contributed by atoms with Gasteiger partial charge in [0.25, 0.3) is 0 Å². The van der Waals surface area contributed by atoms with E-state index in [0.717, 1.165) is 60.6 Å². The maximum Gasteiger partial charge on any atom is 0.229 e. The van der Waals surface area contributed by atoms with Gasteiger partial charge < -0.3 is 29.4 Å². The number of imidazole rings is 1. The molecule has 3 heterocycles. The van der Waals surface area contributed by atoms with Crippen molar-refractivity contribution in [2.24, 2.45) is 0 Å². The second-order valence-electron chi connectivity index (χ2n) is 11.2. The molecule has 11 nitrogen and oxygen atoms in total. The Morgan fingerprint density at radius 3 is 2.38 bits per heavy atom. The predicted octanol–water partition coefficient (Wildman–Crippen LogP) is 5.83. The number of aryl methyl sites for hydroxylation is 2. The first kappa shape index (κ1) is 30.2. The van der Waals surface area contributed by atoms with Crippen molar-refractivity contribution in [2.75, 3.05) is 70.8 Å². The molecule has 0 radical (unpaired) electrons. The number of nitrogens with zero attached hydrogens (tertiary/aromatic N) is 6. The Kier molecular flexibility index (Phi) is 8.99. The van der Waals surface area contributed by atoms with Crippen LogP contribution in [0.25, 0.3) is 11.0 Å². The third-order valence-corrected chi connectivity index (χ3v) is 8.08. The molecule has 6 rings (SSSR count). The summed E-state index contributed by atoms with van der Waals surface area (Å²) in [5.41, 5.74) is 5.73. The van der Waals surface area contributed by atoms with E-state index < -0.39 is 0 Å². The minimum Gasteiger partial charge on any atom is -0.493 e. The molecule has 1 fully saturated rings. The van der Waals surface area contributed by atoms with Crippen molar-refractivity contribution in [2.45, 2.75) is 13.8 Å². The standard InChI is InChI=1S/C34H40N8O3/c1-23-9-8-10-24(2)31(23)42(34-37-26-11-6-7-12-27(26)38-34)30-13-14-35-33(39-30)36-25-21-28(43-4)32(44-5)29(22-25)45-20-19-41-17-15-40(3)16-18-41/h6-14,21-22H,15-20H2,1-5H3,(H,37,38)(H,35,36,39).